The van der Waals surface area contributed by atoms with Crippen LogP contribution in [0.1, 0.15) is 12.8 Å². The van der Waals surface area contributed by atoms with Crippen LogP contribution in [-0.4, -0.2) is 34.9 Å². The summed E-state index contributed by atoms with van der Waals surface area (Å²) in [6.45, 7) is 0. The number of aliphatic imine (C=N–C) groups is 2. The molecule has 0 saturated carbocycles. The highest BCUT2D eigenvalue weighted by molar-refractivity contribution is 6.11. The minimum atomic E-state index is -1.12. The van der Waals surface area contributed by atoms with E-state index in [1.807, 2.05) is 24.3 Å². The van der Waals surface area contributed by atoms with E-state index in [1.165, 1.54) is 6.08 Å². The van der Waals surface area contributed by atoms with Crippen LogP contribution in [0.25, 0.3) is 0 Å². The molecule has 0 amide bonds. The second-order valence-electron chi connectivity index (χ2n) is 6.17. The second kappa shape index (κ2) is 7.12. The third-order valence-electron chi connectivity index (χ3n) is 4.37. The number of nitrogens with one attached hydrogen (secondary N) is 1. The van der Waals surface area contributed by atoms with E-state index in [9.17, 15) is 4.39 Å². The lowest BCUT2D eigenvalue weighted by Gasteiger charge is -2.32. The highest BCUT2D eigenvalue weighted by atomic mass is 19.1. The maximum atomic E-state index is 13.5. The van der Waals surface area contributed by atoms with Crippen molar-refractivity contribution in [2.24, 2.45) is 39.1 Å². The van der Waals surface area contributed by atoms with E-state index in [4.69, 9.17) is 22.7 Å². The lowest BCUT2D eigenvalue weighted by Crippen LogP contribution is -2.53. The van der Waals surface area contributed by atoms with Gasteiger partial charge in [-0.2, -0.15) is 0 Å². The van der Waals surface area contributed by atoms with E-state index in [-0.39, 0.29) is 24.0 Å². The Morgan fingerprint density at radius 2 is 2.08 bits per heavy atom. The fraction of sp³-hybridized carbons (Fsp3) is 0.353. The van der Waals surface area contributed by atoms with E-state index in [1.54, 1.807) is 12.2 Å². The maximum absolute atomic E-state index is 13.5. The highest BCUT2D eigenvalue weighted by Crippen LogP contribution is 2.23. The number of hydrazine groups is 1. The molecular formula is C17H22FN7. The number of allylic oxidation sites excluding steroid dienone is 7. The van der Waals surface area contributed by atoms with Crippen molar-refractivity contribution in [2.75, 3.05) is 0 Å². The molecule has 1 heterocycles. The molecule has 132 valence electrons. The smallest absolute Gasteiger partial charge is 0.134 e. The molecule has 3 rings (SSSR count). The third-order valence-corrected chi connectivity index (χ3v) is 4.37. The molecule has 7 nitrogen and oxygen atoms in total. The summed E-state index contributed by atoms with van der Waals surface area (Å²) in [6.07, 6.45) is 11.6. The van der Waals surface area contributed by atoms with Crippen LogP contribution in [0.4, 0.5) is 4.39 Å². The number of halogens is 1. The zero-order valence-electron chi connectivity index (χ0n) is 13.7. The summed E-state index contributed by atoms with van der Waals surface area (Å²) >= 11 is 0. The average molecular weight is 343 g/mol. The van der Waals surface area contributed by atoms with Gasteiger partial charge in [-0.15, -0.1) is 0 Å². The topological polar surface area (TPSA) is 130 Å². The van der Waals surface area contributed by atoms with Crippen molar-refractivity contribution in [1.82, 2.24) is 5.01 Å². The first-order chi connectivity index (χ1) is 12.0. The van der Waals surface area contributed by atoms with Crippen LogP contribution < -0.4 is 17.3 Å². The fourth-order valence-electron chi connectivity index (χ4n) is 2.99. The van der Waals surface area contributed by atoms with Crippen molar-refractivity contribution < 1.29 is 4.39 Å². The van der Waals surface area contributed by atoms with Crippen LogP contribution in [0.15, 0.2) is 58.2 Å². The van der Waals surface area contributed by atoms with Crippen molar-refractivity contribution >= 4 is 17.5 Å². The van der Waals surface area contributed by atoms with Gasteiger partial charge in [0.05, 0.1) is 0 Å². The molecule has 0 aromatic carbocycles. The van der Waals surface area contributed by atoms with Crippen molar-refractivity contribution in [2.45, 2.75) is 25.2 Å². The van der Waals surface area contributed by atoms with E-state index in [0.29, 0.717) is 11.5 Å². The molecule has 0 radical (unpaired) electrons. The first-order valence-corrected chi connectivity index (χ1v) is 8.12. The van der Waals surface area contributed by atoms with Gasteiger partial charge in [-0.3, -0.25) is 10.4 Å². The predicted molar refractivity (Wildman–Crippen MR) is 97.4 cm³/mol. The summed E-state index contributed by atoms with van der Waals surface area (Å²) in [5.74, 6) is 5.97. The quantitative estimate of drug-likeness (QED) is 0.265. The van der Waals surface area contributed by atoms with Gasteiger partial charge in [0.1, 0.15) is 35.8 Å². The molecule has 0 fully saturated rings. The standard InChI is InChI=1S/C17H22FN7/c18-11-7-4-8-12(9-11)25(22)16(21)13-14(19)23-17(24-15(13)20)10-5-2-1-3-6-10/h1-5,7-8,10-11,13-14,21H,6,9,19,22H2,(H2,20,23,24). The first kappa shape index (κ1) is 17.2. The number of amidine groups is 3. The Hall–Kier alpha value is -2.58. The third kappa shape index (κ3) is 3.59. The number of nitrogens with zero attached hydrogens (tertiary/aromatic N) is 3. The van der Waals surface area contributed by atoms with Crippen LogP contribution >= 0.6 is 0 Å². The molecule has 25 heavy (non-hydrogen) atoms. The van der Waals surface area contributed by atoms with Crippen LogP contribution in [0.5, 0.6) is 0 Å². The van der Waals surface area contributed by atoms with E-state index >= 15 is 0 Å². The fourth-order valence-corrected chi connectivity index (χ4v) is 2.99. The molecule has 7 N–H and O–H groups in total. The maximum Gasteiger partial charge on any atom is 0.134 e. The van der Waals surface area contributed by atoms with Gasteiger partial charge >= 0.3 is 0 Å². The number of hydrogen-bond acceptors (Lipinski definition) is 6. The predicted octanol–water partition coefficient (Wildman–Crippen LogP) is 1.12. The highest BCUT2D eigenvalue weighted by Gasteiger charge is 2.34. The van der Waals surface area contributed by atoms with Crippen molar-refractivity contribution in [3.8, 4) is 0 Å². The Bertz CT molecular complexity index is 731. The van der Waals surface area contributed by atoms with Crippen LogP contribution in [0, 0.1) is 17.2 Å². The van der Waals surface area contributed by atoms with Crippen LogP contribution in [-0.2, 0) is 0 Å². The van der Waals surface area contributed by atoms with Crippen molar-refractivity contribution in [1.29, 1.82) is 5.41 Å². The molecular weight excluding hydrogens is 321 g/mol. The number of nitrogens with two attached hydrogens (primary N) is 3. The summed E-state index contributed by atoms with van der Waals surface area (Å²) in [7, 11) is 0. The summed E-state index contributed by atoms with van der Waals surface area (Å²) in [5, 5.41) is 9.46. The molecule has 4 atom stereocenters. The van der Waals surface area contributed by atoms with E-state index < -0.39 is 18.3 Å². The lowest BCUT2D eigenvalue weighted by molar-refractivity contribution is 0.359. The van der Waals surface area contributed by atoms with Gasteiger partial charge in [0.15, 0.2) is 0 Å². The largest absolute Gasteiger partial charge is 0.386 e. The molecule has 2 aliphatic carbocycles. The lowest BCUT2D eigenvalue weighted by atomic mass is 9.96. The summed E-state index contributed by atoms with van der Waals surface area (Å²) in [4.78, 5) is 8.76. The Labute approximate surface area is 145 Å². The van der Waals surface area contributed by atoms with Gasteiger partial charge in [0.2, 0.25) is 0 Å². The minimum Gasteiger partial charge on any atom is -0.386 e. The van der Waals surface area contributed by atoms with Crippen LogP contribution in [0.3, 0.4) is 0 Å². The van der Waals surface area contributed by atoms with Gasteiger partial charge in [0.25, 0.3) is 0 Å². The van der Waals surface area contributed by atoms with Crippen molar-refractivity contribution in [3.05, 3.63) is 48.2 Å². The van der Waals surface area contributed by atoms with Crippen molar-refractivity contribution in [3.63, 3.8) is 0 Å². The molecule has 1 aliphatic heterocycles. The number of hydrogen-bond donors (Lipinski definition) is 4. The Morgan fingerprint density at radius 3 is 2.72 bits per heavy atom. The number of alkyl halides is 1. The van der Waals surface area contributed by atoms with Gasteiger partial charge in [-0.1, -0.05) is 36.5 Å². The van der Waals surface area contributed by atoms with Gasteiger partial charge < -0.3 is 11.5 Å². The second-order valence-corrected chi connectivity index (χ2v) is 6.17. The minimum absolute atomic E-state index is 0.0252. The molecule has 8 heteroatoms. The zero-order chi connectivity index (χ0) is 18.0. The average Bonchev–Trinajstić information content (AvgIpc) is 2.61. The molecule has 3 aliphatic rings. The zero-order valence-corrected chi connectivity index (χ0v) is 13.7. The normalized spacial score (nSPS) is 31.2. The molecule has 0 bridgehead atoms. The van der Waals surface area contributed by atoms with Gasteiger partial charge in [0, 0.05) is 18.0 Å². The van der Waals surface area contributed by atoms with E-state index in [2.05, 4.69) is 9.98 Å². The monoisotopic (exact) mass is 343 g/mol. The summed E-state index contributed by atoms with van der Waals surface area (Å²) < 4.78 is 13.5. The molecule has 0 aromatic heterocycles. The molecule has 0 spiro atoms. The Kier molecular flexibility index (Phi) is 4.91. The molecule has 0 aromatic rings. The molecule has 4 unspecified atom stereocenters. The SMILES string of the molecule is N=C(C1C(N)=NC(C2C=CC=CC2)=NC1N)N(N)C1=CC=CC(F)C1. The summed E-state index contributed by atoms with van der Waals surface area (Å²) in [6, 6.07) is 0. The Balaban J connectivity index is 1.76. The van der Waals surface area contributed by atoms with Crippen LogP contribution in [0.2, 0.25) is 0 Å². The van der Waals surface area contributed by atoms with Gasteiger partial charge in [-0.25, -0.2) is 20.2 Å². The first-order valence-electron chi connectivity index (χ1n) is 8.12. The Morgan fingerprint density at radius 1 is 1.28 bits per heavy atom. The number of rotatable bonds is 3. The van der Waals surface area contributed by atoms with E-state index in [0.717, 1.165) is 11.4 Å². The summed E-state index contributed by atoms with van der Waals surface area (Å²) in [5.41, 5.74) is 12.7. The van der Waals surface area contributed by atoms with Gasteiger partial charge in [-0.05, 0) is 12.5 Å². The molecule has 0 saturated heterocycles.